The Bertz CT molecular complexity index is 821. The number of urea groups is 1. The van der Waals surface area contributed by atoms with Gasteiger partial charge in [0, 0.05) is 11.6 Å². The van der Waals surface area contributed by atoms with Gasteiger partial charge >= 0.3 is 6.03 Å². The van der Waals surface area contributed by atoms with Crippen molar-refractivity contribution in [3.05, 3.63) is 23.2 Å². The van der Waals surface area contributed by atoms with Gasteiger partial charge in [-0.15, -0.1) is 0 Å². The molecule has 4 N–H and O–H groups in total. The number of carbonyl (C=O) groups excluding carboxylic acids is 3. The van der Waals surface area contributed by atoms with E-state index >= 15 is 0 Å². The number of hydrogen-bond acceptors (Lipinski definition) is 5. The number of benzene rings is 1. The molecule has 0 spiro atoms. The lowest BCUT2D eigenvalue weighted by atomic mass is 9.85. The highest BCUT2D eigenvalue weighted by molar-refractivity contribution is 6.31. The Morgan fingerprint density at radius 3 is 2.47 bits per heavy atom. The third-order valence-corrected chi connectivity index (χ3v) is 5.76. The van der Waals surface area contributed by atoms with E-state index in [-0.39, 0.29) is 18.4 Å². The summed E-state index contributed by atoms with van der Waals surface area (Å²) in [4.78, 5) is 39.5. The zero-order chi connectivity index (χ0) is 23.9. The van der Waals surface area contributed by atoms with Crippen molar-refractivity contribution in [2.24, 2.45) is 11.3 Å². The van der Waals surface area contributed by atoms with E-state index in [9.17, 15) is 14.4 Å². The van der Waals surface area contributed by atoms with Crippen molar-refractivity contribution >= 4 is 35.1 Å². The van der Waals surface area contributed by atoms with Gasteiger partial charge in [0.15, 0.2) is 0 Å². The van der Waals surface area contributed by atoms with Crippen LogP contribution in [-0.2, 0) is 9.59 Å². The van der Waals surface area contributed by atoms with Gasteiger partial charge in [-0.2, -0.15) is 0 Å². The SMILES string of the molecule is COc1ccc(Cl)cc1NC(=O)NC(C(=O)N(CC(=O)NO)CC1CCCC1)C(C)(C)C. The molecular weight excluding hydrogens is 436 g/mol. The van der Waals surface area contributed by atoms with E-state index in [4.69, 9.17) is 21.5 Å². The first-order valence-electron chi connectivity index (χ1n) is 10.7. The highest BCUT2D eigenvalue weighted by Crippen LogP contribution is 2.29. The second kappa shape index (κ2) is 11.4. The molecule has 2 rings (SSSR count). The average molecular weight is 469 g/mol. The Morgan fingerprint density at radius 2 is 1.91 bits per heavy atom. The van der Waals surface area contributed by atoms with Crippen LogP contribution in [0.25, 0.3) is 0 Å². The van der Waals surface area contributed by atoms with Crippen molar-refractivity contribution in [1.29, 1.82) is 0 Å². The van der Waals surface area contributed by atoms with E-state index in [0.717, 1.165) is 25.7 Å². The predicted molar refractivity (Wildman–Crippen MR) is 122 cm³/mol. The number of halogens is 1. The number of hydroxylamine groups is 1. The fraction of sp³-hybridized carbons (Fsp3) is 0.591. The minimum Gasteiger partial charge on any atom is -0.495 e. The molecule has 9 nitrogen and oxygen atoms in total. The first kappa shape index (κ1) is 25.7. The van der Waals surface area contributed by atoms with E-state index in [0.29, 0.717) is 23.0 Å². The smallest absolute Gasteiger partial charge is 0.320 e. The largest absolute Gasteiger partial charge is 0.495 e. The second-order valence-electron chi connectivity index (χ2n) is 9.15. The lowest BCUT2D eigenvalue weighted by Gasteiger charge is -2.35. The number of rotatable bonds is 8. The first-order chi connectivity index (χ1) is 15.0. The third-order valence-electron chi connectivity index (χ3n) is 5.52. The van der Waals surface area contributed by atoms with Crippen LogP contribution in [0.3, 0.4) is 0 Å². The number of ether oxygens (including phenoxy) is 1. The summed E-state index contributed by atoms with van der Waals surface area (Å²) in [5.41, 5.74) is 1.30. The minimum atomic E-state index is -0.916. The maximum Gasteiger partial charge on any atom is 0.320 e. The molecule has 1 aromatic carbocycles. The average Bonchev–Trinajstić information content (AvgIpc) is 3.23. The molecule has 0 saturated heterocycles. The Kier molecular flexibility index (Phi) is 9.15. The van der Waals surface area contributed by atoms with Crippen molar-refractivity contribution < 1.29 is 24.3 Å². The van der Waals surface area contributed by atoms with E-state index in [1.807, 2.05) is 20.8 Å². The molecular formula is C22H33ClN4O5. The molecule has 1 fully saturated rings. The number of nitrogens with one attached hydrogen (secondary N) is 3. The summed E-state index contributed by atoms with van der Waals surface area (Å²) in [5, 5.41) is 14.8. The van der Waals surface area contributed by atoms with Gasteiger partial charge in [-0.05, 0) is 42.4 Å². The standard InChI is InChI=1S/C22H33ClN4O5/c1-22(2,3)19(25-21(30)24-16-11-15(23)9-10-17(16)32-4)20(29)27(13-18(28)26-31)12-14-7-5-6-8-14/h9-11,14,19,31H,5-8,12-13H2,1-4H3,(H,26,28)(H2,24,25,30). The molecule has 32 heavy (non-hydrogen) atoms. The highest BCUT2D eigenvalue weighted by Gasteiger charge is 2.37. The molecule has 0 aliphatic heterocycles. The summed E-state index contributed by atoms with van der Waals surface area (Å²) < 4.78 is 5.25. The first-order valence-corrected chi connectivity index (χ1v) is 11.1. The summed E-state index contributed by atoms with van der Waals surface area (Å²) in [6.07, 6.45) is 4.13. The van der Waals surface area contributed by atoms with Gasteiger partial charge in [-0.3, -0.25) is 14.8 Å². The Labute approximate surface area is 193 Å². The lowest BCUT2D eigenvalue weighted by Crippen LogP contribution is -2.57. The van der Waals surface area contributed by atoms with Gasteiger partial charge in [-0.25, -0.2) is 10.3 Å². The zero-order valence-electron chi connectivity index (χ0n) is 19.0. The van der Waals surface area contributed by atoms with Gasteiger partial charge in [0.2, 0.25) is 5.91 Å². The summed E-state index contributed by atoms with van der Waals surface area (Å²) in [5.74, 6) is -0.361. The maximum absolute atomic E-state index is 13.5. The fourth-order valence-electron chi connectivity index (χ4n) is 3.84. The van der Waals surface area contributed by atoms with Crippen molar-refractivity contribution in [2.75, 3.05) is 25.5 Å². The number of methoxy groups -OCH3 is 1. The summed E-state index contributed by atoms with van der Waals surface area (Å²) in [6.45, 7) is 5.59. The molecule has 1 aliphatic carbocycles. The van der Waals surface area contributed by atoms with Gasteiger partial charge in [0.05, 0.1) is 12.8 Å². The van der Waals surface area contributed by atoms with Gasteiger partial charge in [-0.1, -0.05) is 45.2 Å². The maximum atomic E-state index is 13.5. The molecule has 1 atom stereocenters. The lowest BCUT2D eigenvalue weighted by molar-refractivity contribution is -0.142. The van der Waals surface area contributed by atoms with Crippen LogP contribution in [0.1, 0.15) is 46.5 Å². The molecule has 0 bridgehead atoms. The monoisotopic (exact) mass is 468 g/mol. The number of nitrogens with zero attached hydrogens (tertiary/aromatic N) is 1. The Morgan fingerprint density at radius 1 is 1.25 bits per heavy atom. The number of hydrogen-bond donors (Lipinski definition) is 4. The van der Waals surface area contributed by atoms with Crippen LogP contribution in [0.15, 0.2) is 18.2 Å². The van der Waals surface area contributed by atoms with Crippen LogP contribution in [0.2, 0.25) is 5.02 Å². The molecule has 4 amide bonds. The van der Waals surface area contributed by atoms with Crippen molar-refractivity contribution in [2.45, 2.75) is 52.5 Å². The Balaban J connectivity index is 2.20. The molecule has 1 aliphatic rings. The molecule has 1 unspecified atom stereocenters. The van der Waals surface area contributed by atoms with Crippen molar-refractivity contribution in [1.82, 2.24) is 15.7 Å². The topological polar surface area (TPSA) is 120 Å². The normalized spacial score (nSPS) is 15.1. The van der Waals surface area contributed by atoms with Crippen LogP contribution in [0, 0.1) is 11.3 Å². The third kappa shape index (κ3) is 7.27. The van der Waals surface area contributed by atoms with E-state index < -0.39 is 23.4 Å². The molecule has 178 valence electrons. The number of amides is 4. The number of carbonyl (C=O) groups is 3. The van der Waals surface area contributed by atoms with Crippen LogP contribution in [0.5, 0.6) is 5.75 Å². The highest BCUT2D eigenvalue weighted by atomic mass is 35.5. The molecule has 1 aromatic rings. The zero-order valence-corrected chi connectivity index (χ0v) is 19.8. The van der Waals surface area contributed by atoms with E-state index in [1.54, 1.807) is 23.7 Å². The molecule has 0 heterocycles. The minimum absolute atomic E-state index is 0.288. The van der Waals surface area contributed by atoms with E-state index in [1.165, 1.54) is 12.0 Å². The van der Waals surface area contributed by atoms with Gasteiger partial charge in [0.1, 0.15) is 18.3 Å². The summed E-state index contributed by atoms with van der Waals surface area (Å²) >= 11 is 6.02. The van der Waals surface area contributed by atoms with Crippen LogP contribution in [0.4, 0.5) is 10.5 Å². The Hall–Kier alpha value is -2.52. The summed E-state index contributed by atoms with van der Waals surface area (Å²) in [6, 6.07) is 3.29. The molecule has 10 heteroatoms. The quantitative estimate of drug-likeness (QED) is 0.344. The van der Waals surface area contributed by atoms with Crippen LogP contribution < -0.4 is 20.9 Å². The summed E-state index contributed by atoms with van der Waals surface area (Å²) in [7, 11) is 1.47. The molecule has 1 saturated carbocycles. The second-order valence-corrected chi connectivity index (χ2v) is 9.58. The molecule has 0 radical (unpaired) electrons. The van der Waals surface area contributed by atoms with Crippen LogP contribution in [-0.4, -0.2) is 54.2 Å². The van der Waals surface area contributed by atoms with Crippen molar-refractivity contribution in [3.8, 4) is 5.75 Å². The fourth-order valence-corrected chi connectivity index (χ4v) is 4.02. The predicted octanol–water partition coefficient (Wildman–Crippen LogP) is 3.41. The molecule has 0 aromatic heterocycles. The number of anilines is 1. The van der Waals surface area contributed by atoms with Gasteiger partial charge in [0.25, 0.3) is 5.91 Å². The van der Waals surface area contributed by atoms with Crippen LogP contribution >= 0.6 is 11.6 Å². The van der Waals surface area contributed by atoms with Gasteiger partial charge < -0.3 is 20.3 Å². The van der Waals surface area contributed by atoms with Crippen molar-refractivity contribution in [3.63, 3.8) is 0 Å². The van der Waals surface area contributed by atoms with E-state index in [2.05, 4.69) is 10.6 Å².